The zero-order valence-electron chi connectivity index (χ0n) is 13.5. The second-order valence-electron chi connectivity index (χ2n) is 5.43. The maximum absolute atomic E-state index is 12.4. The van der Waals surface area contributed by atoms with Crippen LogP contribution in [-0.2, 0) is 24.2 Å². The molecule has 3 rings (SSSR count). The molecule has 25 heavy (non-hydrogen) atoms. The van der Waals surface area contributed by atoms with Crippen molar-refractivity contribution >= 4 is 33.6 Å². The molecule has 0 unspecified atom stereocenters. The average molecular weight is 401 g/mol. The molecule has 0 bridgehead atoms. The van der Waals surface area contributed by atoms with Crippen LogP contribution in [0.5, 0.6) is 5.75 Å². The van der Waals surface area contributed by atoms with Crippen LogP contribution in [0.25, 0.3) is 0 Å². The quantitative estimate of drug-likeness (QED) is 0.716. The van der Waals surface area contributed by atoms with E-state index in [4.69, 9.17) is 4.18 Å². The molecule has 2 aromatic rings. The first-order valence-electron chi connectivity index (χ1n) is 7.34. The average Bonchev–Trinajstić information content (AvgIpc) is 3.11. The Hall–Kier alpha value is -1.65. The van der Waals surface area contributed by atoms with E-state index in [9.17, 15) is 18.0 Å². The van der Waals surface area contributed by atoms with Crippen molar-refractivity contribution in [2.75, 3.05) is 11.5 Å². The topological polar surface area (TPSA) is 87.4 Å². The lowest BCUT2D eigenvalue weighted by atomic mass is 10.2. The lowest BCUT2D eigenvalue weighted by Crippen LogP contribution is -2.39. The second-order valence-corrected chi connectivity index (χ2v) is 9.67. The summed E-state index contributed by atoms with van der Waals surface area (Å²) in [5.41, 5.74) is -0.436. The minimum Gasteiger partial charge on any atom is -0.379 e. The van der Waals surface area contributed by atoms with Crippen LogP contribution in [0.2, 0.25) is 0 Å². The third-order valence-corrected chi connectivity index (χ3v) is 8.00. The fraction of sp³-hybridized carbons (Fsp3) is 0.333. The van der Waals surface area contributed by atoms with Crippen molar-refractivity contribution < 1.29 is 12.6 Å². The highest BCUT2D eigenvalue weighted by Crippen LogP contribution is 2.45. The van der Waals surface area contributed by atoms with Gasteiger partial charge in [0.2, 0.25) is 0 Å². The maximum Gasteiger partial charge on any atom is 0.346 e. The van der Waals surface area contributed by atoms with Gasteiger partial charge < -0.3 is 8.75 Å². The first-order valence-corrected chi connectivity index (χ1v) is 10.8. The third-order valence-electron chi connectivity index (χ3n) is 3.66. The Bertz CT molecular complexity index is 1000. The van der Waals surface area contributed by atoms with Gasteiger partial charge in [-0.05, 0) is 17.7 Å². The van der Waals surface area contributed by atoms with Gasteiger partial charge in [0, 0.05) is 31.8 Å². The van der Waals surface area contributed by atoms with Gasteiger partial charge in [0.15, 0.2) is 4.90 Å². The number of thioether (sulfide) groups is 2. The first-order chi connectivity index (χ1) is 11.8. The monoisotopic (exact) mass is 400 g/mol. The van der Waals surface area contributed by atoms with E-state index >= 15 is 0 Å². The molecule has 1 aliphatic heterocycles. The Morgan fingerprint density at radius 1 is 1.08 bits per heavy atom. The molecule has 0 aliphatic carbocycles. The molecule has 1 aromatic carbocycles. The predicted octanol–water partition coefficient (Wildman–Crippen LogP) is 1.33. The highest BCUT2D eigenvalue weighted by Gasteiger charge is 2.24. The molecule has 1 aromatic heterocycles. The number of nitrogens with zero attached hydrogens (tertiary/aromatic N) is 2. The van der Waals surface area contributed by atoms with Crippen molar-refractivity contribution in [2.45, 2.75) is 9.48 Å². The Morgan fingerprint density at radius 2 is 1.68 bits per heavy atom. The lowest BCUT2D eigenvalue weighted by Gasteiger charge is -2.11. The summed E-state index contributed by atoms with van der Waals surface area (Å²) in [7, 11) is -1.76. The van der Waals surface area contributed by atoms with E-state index in [1.165, 1.54) is 14.1 Å². The van der Waals surface area contributed by atoms with E-state index in [2.05, 4.69) is 0 Å². The Morgan fingerprint density at radius 3 is 2.28 bits per heavy atom. The molecule has 134 valence electrons. The number of benzene rings is 1. The molecule has 7 nitrogen and oxygen atoms in total. The second kappa shape index (κ2) is 6.93. The Kier molecular flexibility index (Phi) is 5.03. The van der Waals surface area contributed by atoms with Crippen molar-refractivity contribution in [1.29, 1.82) is 0 Å². The number of aryl methyl sites for hydroxylation is 1. The zero-order valence-corrected chi connectivity index (χ0v) is 16.0. The smallest absolute Gasteiger partial charge is 0.346 e. The van der Waals surface area contributed by atoms with E-state index in [0.717, 1.165) is 32.4 Å². The molecule has 0 saturated carbocycles. The molecule has 1 fully saturated rings. The molecule has 1 saturated heterocycles. The van der Waals surface area contributed by atoms with Crippen molar-refractivity contribution in [2.24, 2.45) is 14.1 Å². The number of hydrogen-bond acceptors (Lipinski definition) is 7. The van der Waals surface area contributed by atoms with Crippen LogP contribution in [0.1, 0.15) is 10.1 Å². The van der Waals surface area contributed by atoms with Gasteiger partial charge in [0.05, 0.1) is 4.58 Å². The summed E-state index contributed by atoms with van der Waals surface area (Å²) in [6.07, 6.45) is 0.972. The summed E-state index contributed by atoms with van der Waals surface area (Å²) in [5.74, 6) is 2.31. The van der Waals surface area contributed by atoms with Gasteiger partial charge in [-0.3, -0.25) is 9.36 Å². The maximum atomic E-state index is 12.4. The minimum atomic E-state index is -4.34. The van der Waals surface area contributed by atoms with Crippen LogP contribution in [-0.4, -0.2) is 29.1 Å². The van der Waals surface area contributed by atoms with Crippen LogP contribution >= 0.6 is 23.5 Å². The molecular weight excluding hydrogens is 384 g/mol. The molecule has 0 N–H and O–H groups in total. The van der Waals surface area contributed by atoms with Gasteiger partial charge in [0.25, 0.3) is 5.56 Å². The van der Waals surface area contributed by atoms with Crippen molar-refractivity contribution in [1.82, 2.24) is 9.13 Å². The molecule has 0 spiro atoms. The third kappa shape index (κ3) is 3.65. The van der Waals surface area contributed by atoms with Crippen molar-refractivity contribution in [3.05, 3.63) is 56.9 Å². The van der Waals surface area contributed by atoms with E-state index in [1.807, 2.05) is 35.7 Å². The molecular formula is C15H16N2O5S3. The van der Waals surface area contributed by atoms with Crippen LogP contribution < -0.4 is 15.4 Å². The van der Waals surface area contributed by atoms with E-state index < -0.39 is 26.3 Å². The highest BCUT2D eigenvalue weighted by atomic mass is 32.2. The molecule has 0 amide bonds. The Balaban J connectivity index is 1.89. The molecule has 0 atom stereocenters. The van der Waals surface area contributed by atoms with Crippen LogP contribution in [0.15, 0.2) is 44.9 Å². The predicted molar refractivity (Wildman–Crippen MR) is 98.8 cm³/mol. The minimum absolute atomic E-state index is 0.118. The zero-order chi connectivity index (χ0) is 18.2. The summed E-state index contributed by atoms with van der Waals surface area (Å²) in [6.45, 7) is 0. The normalized spacial score (nSPS) is 15.4. The van der Waals surface area contributed by atoms with Gasteiger partial charge in [-0.25, -0.2) is 4.79 Å². The summed E-state index contributed by atoms with van der Waals surface area (Å²) in [6, 6.07) is 6.77. The SMILES string of the molecule is Cn1cc(S(=O)(=O)Oc2ccc(C3SCCS3)cc2)c(=O)n(C)c1=O. The van der Waals surface area contributed by atoms with E-state index in [1.54, 1.807) is 12.1 Å². The van der Waals surface area contributed by atoms with Gasteiger partial charge in [-0.15, -0.1) is 23.5 Å². The summed E-state index contributed by atoms with van der Waals surface area (Å²) < 4.78 is 32.0. The highest BCUT2D eigenvalue weighted by molar-refractivity contribution is 8.19. The number of rotatable bonds is 4. The molecule has 2 heterocycles. The largest absolute Gasteiger partial charge is 0.379 e. The first kappa shape index (κ1) is 18.2. The van der Waals surface area contributed by atoms with E-state index in [0.29, 0.717) is 4.58 Å². The van der Waals surface area contributed by atoms with E-state index in [-0.39, 0.29) is 5.75 Å². The number of aromatic nitrogens is 2. The van der Waals surface area contributed by atoms with Gasteiger partial charge >= 0.3 is 15.8 Å². The lowest BCUT2D eigenvalue weighted by molar-refractivity contribution is 0.480. The summed E-state index contributed by atoms with van der Waals surface area (Å²) in [4.78, 5) is 23.2. The van der Waals surface area contributed by atoms with Gasteiger partial charge in [-0.1, -0.05) is 12.1 Å². The van der Waals surface area contributed by atoms with Gasteiger partial charge in [0.1, 0.15) is 5.75 Å². The standard InChI is InChI=1S/C15H16N2O5S3/c1-16-9-12(13(18)17(2)15(16)19)25(20,21)22-11-5-3-10(4-6-11)14-23-7-8-24-14/h3-6,9,14H,7-8H2,1-2H3. The summed E-state index contributed by atoms with van der Waals surface area (Å²) in [5, 5.41) is 0. The van der Waals surface area contributed by atoms with Crippen molar-refractivity contribution in [3.8, 4) is 5.75 Å². The molecule has 10 heteroatoms. The van der Waals surface area contributed by atoms with Crippen LogP contribution in [0.3, 0.4) is 0 Å². The summed E-state index contributed by atoms with van der Waals surface area (Å²) >= 11 is 3.69. The van der Waals surface area contributed by atoms with Gasteiger partial charge in [-0.2, -0.15) is 8.42 Å². The van der Waals surface area contributed by atoms with Crippen molar-refractivity contribution in [3.63, 3.8) is 0 Å². The fourth-order valence-corrected chi connectivity index (χ4v) is 6.30. The van der Waals surface area contributed by atoms with Crippen LogP contribution in [0, 0.1) is 0 Å². The molecule has 0 radical (unpaired) electrons. The molecule has 1 aliphatic rings. The fourth-order valence-electron chi connectivity index (χ4n) is 2.35. The number of hydrogen-bond donors (Lipinski definition) is 0. The Labute approximate surface area is 153 Å². The van der Waals surface area contributed by atoms with Crippen LogP contribution in [0.4, 0.5) is 0 Å².